The molecule has 3 rings (SSSR count). The first-order chi connectivity index (χ1) is 10.1. The number of nitrogens with zero attached hydrogens (tertiary/aromatic N) is 1. The van der Waals surface area contributed by atoms with Crippen LogP contribution in [0.15, 0.2) is 48.7 Å². The molecule has 1 heterocycles. The zero-order chi connectivity index (χ0) is 14.9. The number of hydrogen-bond acceptors (Lipinski definition) is 2. The molecule has 1 aliphatic rings. The number of ketones is 1. The van der Waals surface area contributed by atoms with Gasteiger partial charge < -0.3 is 0 Å². The van der Waals surface area contributed by atoms with Gasteiger partial charge >= 0.3 is 0 Å². The van der Waals surface area contributed by atoms with Crippen molar-refractivity contribution in [3.05, 3.63) is 65.7 Å². The minimum atomic E-state index is -0.428. The van der Waals surface area contributed by atoms with E-state index in [1.54, 1.807) is 24.4 Å². The fourth-order valence-electron chi connectivity index (χ4n) is 3.26. The Labute approximate surface area is 124 Å². The molecule has 1 fully saturated rings. The first-order valence-corrected chi connectivity index (χ1v) is 7.35. The molecule has 0 spiro atoms. The average molecular weight is 283 g/mol. The van der Waals surface area contributed by atoms with Gasteiger partial charge in [-0.15, -0.1) is 0 Å². The Morgan fingerprint density at radius 2 is 2.05 bits per heavy atom. The molecule has 1 unspecified atom stereocenters. The molecular weight excluding hydrogens is 265 g/mol. The molecular formula is C18H18FNO. The van der Waals surface area contributed by atoms with E-state index in [9.17, 15) is 9.18 Å². The van der Waals surface area contributed by atoms with Crippen molar-refractivity contribution >= 4 is 5.78 Å². The van der Waals surface area contributed by atoms with Gasteiger partial charge in [-0.3, -0.25) is 9.78 Å². The maximum Gasteiger partial charge on any atom is 0.187 e. The van der Waals surface area contributed by atoms with E-state index in [0.717, 1.165) is 24.8 Å². The predicted molar refractivity (Wildman–Crippen MR) is 79.7 cm³/mol. The Bertz CT molecular complexity index is 649. The summed E-state index contributed by atoms with van der Waals surface area (Å²) in [5.41, 5.74) is 0.974. The van der Waals surface area contributed by atoms with E-state index in [0.29, 0.717) is 5.69 Å². The van der Waals surface area contributed by atoms with Crippen LogP contribution in [0, 0.1) is 11.2 Å². The van der Waals surface area contributed by atoms with Crippen molar-refractivity contribution in [3.63, 3.8) is 0 Å². The van der Waals surface area contributed by atoms with Gasteiger partial charge in [0.1, 0.15) is 11.5 Å². The first-order valence-electron chi connectivity index (χ1n) is 7.35. The molecule has 0 N–H and O–H groups in total. The molecule has 0 amide bonds. The minimum Gasteiger partial charge on any atom is -0.292 e. The van der Waals surface area contributed by atoms with Gasteiger partial charge in [-0.1, -0.05) is 31.5 Å². The lowest BCUT2D eigenvalue weighted by molar-refractivity contribution is 0.0522. The van der Waals surface area contributed by atoms with Gasteiger partial charge in [0, 0.05) is 11.6 Å². The molecule has 0 saturated heterocycles. The standard InChI is InChI=1S/C18H18FNO/c1-13(14-6-4-7-15(19)12-14)18(9-5-10-18)17(21)16-8-2-3-11-20-16/h2-4,6-8,11-13H,5,9-10H2,1H3. The highest BCUT2D eigenvalue weighted by atomic mass is 19.1. The number of pyridine rings is 1. The van der Waals surface area contributed by atoms with Crippen molar-refractivity contribution in [2.45, 2.75) is 32.1 Å². The Morgan fingerprint density at radius 1 is 1.24 bits per heavy atom. The molecule has 1 aliphatic carbocycles. The van der Waals surface area contributed by atoms with Crippen LogP contribution in [0.2, 0.25) is 0 Å². The summed E-state index contributed by atoms with van der Waals surface area (Å²) in [7, 11) is 0. The molecule has 108 valence electrons. The van der Waals surface area contributed by atoms with Gasteiger partial charge in [-0.2, -0.15) is 0 Å². The third kappa shape index (κ3) is 2.37. The highest BCUT2D eigenvalue weighted by molar-refractivity contribution is 6.00. The van der Waals surface area contributed by atoms with Crippen molar-refractivity contribution in [3.8, 4) is 0 Å². The smallest absolute Gasteiger partial charge is 0.187 e. The van der Waals surface area contributed by atoms with Gasteiger partial charge in [0.15, 0.2) is 5.78 Å². The van der Waals surface area contributed by atoms with Crippen LogP contribution in [0.5, 0.6) is 0 Å². The summed E-state index contributed by atoms with van der Waals surface area (Å²) in [6.07, 6.45) is 4.38. The number of carbonyl (C=O) groups excluding carboxylic acids is 1. The van der Waals surface area contributed by atoms with Crippen molar-refractivity contribution < 1.29 is 9.18 Å². The molecule has 3 heteroatoms. The lowest BCUT2D eigenvalue weighted by Crippen LogP contribution is -2.42. The number of aromatic nitrogens is 1. The van der Waals surface area contributed by atoms with E-state index in [2.05, 4.69) is 4.98 Å². The molecule has 1 aromatic heterocycles. The second-order valence-corrected chi connectivity index (χ2v) is 5.83. The van der Waals surface area contributed by atoms with Crippen molar-refractivity contribution in [1.29, 1.82) is 0 Å². The Morgan fingerprint density at radius 3 is 2.62 bits per heavy atom. The highest BCUT2D eigenvalue weighted by Crippen LogP contribution is 2.53. The predicted octanol–water partition coefficient (Wildman–Crippen LogP) is 4.38. The van der Waals surface area contributed by atoms with E-state index < -0.39 is 5.41 Å². The van der Waals surface area contributed by atoms with Crippen LogP contribution in [0.3, 0.4) is 0 Å². The molecule has 1 saturated carbocycles. The fraction of sp³-hybridized carbons (Fsp3) is 0.333. The van der Waals surface area contributed by atoms with Crippen molar-refractivity contribution in [2.75, 3.05) is 0 Å². The number of rotatable bonds is 4. The van der Waals surface area contributed by atoms with Gasteiger partial charge in [-0.05, 0) is 48.6 Å². The summed E-state index contributed by atoms with van der Waals surface area (Å²) >= 11 is 0. The lowest BCUT2D eigenvalue weighted by Gasteiger charge is -2.45. The maximum atomic E-state index is 13.5. The van der Waals surface area contributed by atoms with Crippen molar-refractivity contribution in [1.82, 2.24) is 4.98 Å². The summed E-state index contributed by atoms with van der Waals surface area (Å²) in [5, 5.41) is 0. The van der Waals surface area contributed by atoms with Crippen LogP contribution in [0.4, 0.5) is 4.39 Å². The second-order valence-electron chi connectivity index (χ2n) is 5.83. The number of carbonyl (C=O) groups is 1. The third-order valence-electron chi connectivity index (χ3n) is 4.77. The molecule has 2 aromatic rings. The number of Topliss-reactive ketones (excluding diaryl/α,β-unsaturated/α-hetero) is 1. The maximum absolute atomic E-state index is 13.5. The van der Waals surface area contributed by atoms with E-state index in [1.807, 2.05) is 19.1 Å². The third-order valence-corrected chi connectivity index (χ3v) is 4.77. The summed E-state index contributed by atoms with van der Waals surface area (Å²) in [5.74, 6) is -0.165. The van der Waals surface area contributed by atoms with Gasteiger partial charge in [0.2, 0.25) is 0 Å². The van der Waals surface area contributed by atoms with Crippen LogP contribution < -0.4 is 0 Å². The molecule has 2 nitrogen and oxygen atoms in total. The minimum absolute atomic E-state index is 0.00328. The molecule has 21 heavy (non-hydrogen) atoms. The summed E-state index contributed by atoms with van der Waals surface area (Å²) in [6.45, 7) is 2.02. The zero-order valence-electron chi connectivity index (χ0n) is 12.1. The van der Waals surface area contributed by atoms with Gasteiger partial charge in [0.25, 0.3) is 0 Å². The van der Waals surface area contributed by atoms with E-state index in [4.69, 9.17) is 0 Å². The summed E-state index contributed by atoms with van der Waals surface area (Å²) < 4.78 is 13.5. The SMILES string of the molecule is CC(c1cccc(F)c1)C1(C(=O)c2ccccn2)CCC1. The van der Waals surface area contributed by atoms with E-state index in [1.165, 1.54) is 12.1 Å². The van der Waals surface area contributed by atoms with Crippen LogP contribution in [0.25, 0.3) is 0 Å². The fourth-order valence-corrected chi connectivity index (χ4v) is 3.26. The lowest BCUT2D eigenvalue weighted by atomic mass is 9.57. The van der Waals surface area contributed by atoms with E-state index in [-0.39, 0.29) is 17.5 Å². The largest absolute Gasteiger partial charge is 0.292 e. The molecule has 0 bridgehead atoms. The number of halogens is 1. The van der Waals surface area contributed by atoms with Crippen molar-refractivity contribution in [2.24, 2.45) is 5.41 Å². The average Bonchev–Trinajstić information content (AvgIpc) is 2.47. The quantitative estimate of drug-likeness (QED) is 0.779. The van der Waals surface area contributed by atoms with Crippen LogP contribution in [-0.2, 0) is 0 Å². The van der Waals surface area contributed by atoms with Crippen LogP contribution in [0.1, 0.15) is 48.2 Å². The summed E-state index contributed by atoms with van der Waals surface area (Å²) in [6, 6.07) is 12.0. The zero-order valence-corrected chi connectivity index (χ0v) is 12.1. The van der Waals surface area contributed by atoms with Crippen LogP contribution >= 0.6 is 0 Å². The molecule has 1 atom stereocenters. The normalized spacial score (nSPS) is 17.8. The molecule has 0 aliphatic heterocycles. The summed E-state index contributed by atoms with van der Waals surface area (Å²) in [4.78, 5) is 17.1. The Kier molecular flexibility index (Phi) is 3.58. The topological polar surface area (TPSA) is 30.0 Å². The monoisotopic (exact) mass is 283 g/mol. The number of hydrogen-bond donors (Lipinski definition) is 0. The van der Waals surface area contributed by atoms with Gasteiger partial charge in [-0.25, -0.2) is 4.39 Å². The first kappa shape index (κ1) is 13.9. The number of benzene rings is 1. The Hall–Kier alpha value is -2.03. The van der Waals surface area contributed by atoms with Gasteiger partial charge in [0.05, 0.1) is 0 Å². The highest BCUT2D eigenvalue weighted by Gasteiger charge is 2.49. The van der Waals surface area contributed by atoms with E-state index >= 15 is 0 Å². The van der Waals surface area contributed by atoms with Crippen LogP contribution in [-0.4, -0.2) is 10.8 Å². The second kappa shape index (κ2) is 5.40. The molecule has 0 radical (unpaired) electrons. The molecule has 1 aromatic carbocycles. The Balaban J connectivity index is 1.95.